The second kappa shape index (κ2) is 5.00. The average Bonchev–Trinajstić information content (AvgIpc) is 3.06. The third kappa shape index (κ3) is 2.41. The van der Waals surface area contributed by atoms with Crippen molar-refractivity contribution in [3.05, 3.63) is 12.7 Å². The Labute approximate surface area is 101 Å². The largest absolute Gasteiger partial charge is 0.461 e. The van der Waals surface area contributed by atoms with E-state index in [0.29, 0.717) is 0 Å². The second-order valence-electron chi connectivity index (χ2n) is 4.68. The summed E-state index contributed by atoms with van der Waals surface area (Å²) in [6.07, 6.45) is 3.85. The van der Waals surface area contributed by atoms with Crippen LogP contribution < -0.4 is 0 Å². The van der Waals surface area contributed by atoms with Gasteiger partial charge in [0.2, 0.25) is 0 Å². The van der Waals surface area contributed by atoms with Crippen LogP contribution in [0.4, 0.5) is 0 Å². The van der Waals surface area contributed by atoms with E-state index in [4.69, 9.17) is 9.47 Å². The van der Waals surface area contributed by atoms with Gasteiger partial charge in [-0.25, -0.2) is 0 Å². The van der Waals surface area contributed by atoms with Crippen LogP contribution in [0.3, 0.4) is 0 Å². The van der Waals surface area contributed by atoms with Gasteiger partial charge in [0.05, 0.1) is 6.10 Å². The predicted octanol–water partition coefficient (Wildman–Crippen LogP) is 1.49. The Balaban J connectivity index is 2.05. The first kappa shape index (κ1) is 12.3. The van der Waals surface area contributed by atoms with Gasteiger partial charge in [0.25, 0.3) is 0 Å². The molecule has 1 unspecified atom stereocenters. The molecule has 94 valence electrons. The van der Waals surface area contributed by atoms with Crippen molar-refractivity contribution in [3.8, 4) is 0 Å². The lowest BCUT2D eigenvalue weighted by Gasteiger charge is -2.26. The number of ether oxygens (including phenoxy) is 2. The number of hydrogen-bond donors (Lipinski definition) is 0. The minimum Gasteiger partial charge on any atom is -0.461 e. The maximum absolute atomic E-state index is 12.0. The maximum atomic E-state index is 12.0. The molecule has 1 aliphatic carbocycles. The quantitative estimate of drug-likeness (QED) is 0.315. The monoisotopic (exact) mass is 238 g/mol. The molecule has 4 atom stereocenters. The van der Waals surface area contributed by atoms with Crippen LogP contribution in [-0.4, -0.2) is 30.6 Å². The summed E-state index contributed by atoms with van der Waals surface area (Å²) < 4.78 is 10.3. The number of carbonyl (C=O) groups is 2. The molecule has 4 nitrogen and oxygen atoms in total. The van der Waals surface area contributed by atoms with Gasteiger partial charge in [-0.15, -0.1) is 0 Å². The van der Waals surface area contributed by atoms with E-state index in [2.05, 4.69) is 13.5 Å². The smallest absolute Gasteiger partial charge is 0.317 e. The molecule has 1 saturated carbocycles. The molecule has 2 rings (SSSR count). The molecule has 0 aromatic heterocycles. The zero-order chi connectivity index (χ0) is 12.4. The zero-order valence-corrected chi connectivity index (χ0v) is 10.1. The summed E-state index contributed by atoms with van der Waals surface area (Å²) in [5.41, 5.74) is 0. The molecule has 2 aliphatic rings. The lowest BCUT2D eigenvalue weighted by atomic mass is 9.76. The molecule has 1 heterocycles. The molecule has 0 spiro atoms. The van der Waals surface area contributed by atoms with Crippen molar-refractivity contribution in [2.45, 2.75) is 38.4 Å². The van der Waals surface area contributed by atoms with E-state index in [1.54, 1.807) is 0 Å². The standard InChI is InChI=1S/C13H18O4/c1-3-5-8-7-9-12(17-9)11(14)10(8)13(15)16-6-4-2/h4,8-10,12H,2-3,5-7H2,1H3/t8-,9-,10?,12-/m1/s1. The molecule has 0 aromatic rings. The highest BCUT2D eigenvalue weighted by atomic mass is 16.6. The summed E-state index contributed by atoms with van der Waals surface area (Å²) in [6.45, 7) is 5.70. The number of Topliss-reactive ketones (excluding diaryl/α,β-unsaturated/α-hetero) is 1. The van der Waals surface area contributed by atoms with Crippen molar-refractivity contribution in [1.29, 1.82) is 0 Å². The number of carbonyl (C=O) groups excluding carboxylic acids is 2. The third-order valence-corrected chi connectivity index (χ3v) is 3.43. The molecule has 0 bridgehead atoms. The number of ketones is 1. The summed E-state index contributed by atoms with van der Waals surface area (Å²) in [4.78, 5) is 23.9. The van der Waals surface area contributed by atoms with E-state index in [0.717, 1.165) is 19.3 Å². The first-order valence-corrected chi connectivity index (χ1v) is 6.15. The van der Waals surface area contributed by atoms with Gasteiger partial charge < -0.3 is 9.47 Å². The minimum absolute atomic E-state index is 0.0579. The minimum atomic E-state index is -0.626. The van der Waals surface area contributed by atoms with Gasteiger partial charge in [-0.3, -0.25) is 9.59 Å². The van der Waals surface area contributed by atoms with Gasteiger partial charge in [0.15, 0.2) is 5.78 Å². The Kier molecular flexibility index (Phi) is 3.62. The number of hydrogen-bond acceptors (Lipinski definition) is 4. The van der Waals surface area contributed by atoms with E-state index in [9.17, 15) is 9.59 Å². The van der Waals surface area contributed by atoms with Crippen LogP contribution >= 0.6 is 0 Å². The number of rotatable bonds is 5. The molecule has 0 amide bonds. The highest BCUT2D eigenvalue weighted by molar-refractivity contribution is 6.03. The van der Waals surface area contributed by atoms with Crippen LogP contribution in [-0.2, 0) is 19.1 Å². The van der Waals surface area contributed by atoms with Gasteiger partial charge in [-0.1, -0.05) is 26.0 Å². The normalized spacial score (nSPS) is 35.0. The van der Waals surface area contributed by atoms with E-state index in [1.807, 2.05) is 0 Å². The fourth-order valence-corrected chi connectivity index (χ4v) is 2.61. The Morgan fingerprint density at radius 1 is 1.65 bits per heavy atom. The predicted molar refractivity (Wildman–Crippen MR) is 61.3 cm³/mol. The lowest BCUT2D eigenvalue weighted by Crippen LogP contribution is -2.40. The van der Waals surface area contributed by atoms with Crippen LogP contribution in [0.2, 0.25) is 0 Å². The van der Waals surface area contributed by atoms with E-state index in [-0.39, 0.29) is 30.5 Å². The Morgan fingerprint density at radius 3 is 3.06 bits per heavy atom. The average molecular weight is 238 g/mol. The first-order chi connectivity index (χ1) is 8.19. The highest BCUT2D eigenvalue weighted by Gasteiger charge is 2.56. The van der Waals surface area contributed by atoms with Gasteiger partial charge in [0, 0.05) is 0 Å². The topological polar surface area (TPSA) is 55.9 Å². The van der Waals surface area contributed by atoms with E-state index >= 15 is 0 Å². The third-order valence-electron chi connectivity index (χ3n) is 3.43. The first-order valence-electron chi connectivity index (χ1n) is 6.15. The highest BCUT2D eigenvalue weighted by Crippen LogP contribution is 2.42. The van der Waals surface area contributed by atoms with Gasteiger partial charge in [0.1, 0.15) is 18.6 Å². The van der Waals surface area contributed by atoms with Crippen LogP contribution in [0.25, 0.3) is 0 Å². The SMILES string of the molecule is C=CCOC(=O)C1C(=O)[C@@H]2O[C@@H]2C[C@H]1CCC. The van der Waals surface area contributed by atoms with Crippen molar-refractivity contribution in [2.24, 2.45) is 11.8 Å². The zero-order valence-electron chi connectivity index (χ0n) is 10.1. The fraction of sp³-hybridized carbons (Fsp3) is 0.692. The second-order valence-corrected chi connectivity index (χ2v) is 4.68. The Morgan fingerprint density at radius 2 is 2.41 bits per heavy atom. The van der Waals surface area contributed by atoms with Gasteiger partial charge >= 0.3 is 5.97 Å². The van der Waals surface area contributed by atoms with Crippen molar-refractivity contribution in [1.82, 2.24) is 0 Å². The van der Waals surface area contributed by atoms with E-state index < -0.39 is 11.9 Å². The molecule has 4 heteroatoms. The number of epoxide rings is 1. The van der Waals surface area contributed by atoms with Crippen LogP contribution in [0, 0.1) is 11.8 Å². The van der Waals surface area contributed by atoms with Crippen molar-refractivity contribution < 1.29 is 19.1 Å². The molecular formula is C13H18O4. The lowest BCUT2D eigenvalue weighted by molar-refractivity contribution is -0.154. The number of fused-ring (bicyclic) bond motifs is 1. The summed E-state index contributed by atoms with van der Waals surface area (Å²) in [5, 5.41) is 0. The molecule has 0 N–H and O–H groups in total. The van der Waals surface area contributed by atoms with Gasteiger partial charge in [-0.05, 0) is 18.8 Å². The Bertz CT molecular complexity index is 336. The fourth-order valence-electron chi connectivity index (χ4n) is 2.61. The molecule has 0 aromatic carbocycles. The summed E-state index contributed by atoms with van der Waals surface area (Å²) >= 11 is 0. The molecular weight excluding hydrogens is 220 g/mol. The Hall–Kier alpha value is -1.16. The van der Waals surface area contributed by atoms with E-state index in [1.165, 1.54) is 6.08 Å². The molecule has 0 radical (unpaired) electrons. The van der Waals surface area contributed by atoms with Gasteiger partial charge in [-0.2, -0.15) is 0 Å². The maximum Gasteiger partial charge on any atom is 0.317 e. The molecule has 2 fully saturated rings. The number of esters is 1. The molecule has 17 heavy (non-hydrogen) atoms. The van der Waals surface area contributed by atoms with Crippen LogP contribution in [0.1, 0.15) is 26.2 Å². The summed E-state index contributed by atoms with van der Waals surface area (Å²) in [5.74, 6) is -1.05. The van der Waals surface area contributed by atoms with Crippen molar-refractivity contribution in [3.63, 3.8) is 0 Å². The van der Waals surface area contributed by atoms with Crippen molar-refractivity contribution >= 4 is 11.8 Å². The van der Waals surface area contributed by atoms with Crippen LogP contribution in [0.5, 0.6) is 0 Å². The molecule has 1 saturated heterocycles. The summed E-state index contributed by atoms with van der Waals surface area (Å²) in [6, 6.07) is 0. The molecule has 1 aliphatic heterocycles. The summed E-state index contributed by atoms with van der Waals surface area (Å²) in [7, 11) is 0. The van der Waals surface area contributed by atoms with Crippen LogP contribution in [0.15, 0.2) is 12.7 Å². The van der Waals surface area contributed by atoms with Crippen molar-refractivity contribution in [2.75, 3.05) is 6.61 Å².